The lowest BCUT2D eigenvalue weighted by Gasteiger charge is -2.14. The number of rotatable bonds is 6. The Balaban J connectivity index is 0. The van der Waals surface area contributed by atoms with Gasteiger partial charge in [-0.25, -0.2) is 0 Å². The molecular weight excluding hydrogens is 328 g/mol. The third kappa shape index (κ3) is 7.31. The molecule has 6 N–H and O–H groups in total. The largest absolute Gasteiger partial charge is 0.480 e. The molecule has 0 aliphatic heterocycles. The summed E-state index contributed by atoms with van der Waals surface area (Å²) in [6.07, 6.45) is 0. The van der Waals surface area contributed by atoms with Crippen molar-refractivity contribution in [2.45, 2.75) is 10.5 Å². The second-order valence-electron chi connectivity index (χ2n) is 2.99. The third-order valence-corrected chi connectivity index (χ3v) is 3.91. The first kappa shape index (κ1) is 21.0. The van der Waals surface area contributed by atoms with Crippen LogP contribution < -0.4 is 0 Å². The van der Waals surface area contributed by atoms with Gasteiger partial charge in [0.25, 0.3) is 20.2 Å². The van der Waals surface area contributed by atoms with Crippen LogP contribution in [0.25, 0.3) is 0 Å². The molecule has 0 fully saturated rings. The van der Waals surface area contributed by atoms with Gasteiger partial charge in [0.15, 0.2) is 0 Å². The van der Waals surface area contributed by atoms with Crippen molar-refractivity contribution in [3.63, 3.8) is 0 Å². The minimum atomic E-state index is -5.51. The van der Waals surface area contributed by atoms with Gasteiger partial charge in [-0.1, -0.05) is 0 Å². The molecule has 0 radical (unpaired) electrons. The molecule has 0 aromatic rings. The molecule has 0 rings (SSSR count). The summed E-state index contributed by atoms with van der Waals surface area (Å²) in [6, 6.07) is 0. The summed E-state index contributed by atoms with van der Waals surface area (Å²) in [4.78, 5) is 20.7. The summed E-state index contributed by atoms with van der Waals surface area (Å²) >= 11 is 0. The highest BCUT2D eigenvalue weighted by Gasteiger charge is 2.50. The second kappa shape index (κ2) is 8.08. The number of aliphatic hydroxyl groups is 2. The highest BCUT2D eigenvalue weighted by atomic mass is 32.2. The van der Waals surface area contributed by atoms with Crippen LogP contribution in [0.1, 0.15) is 0 Å². The van der Waals surface area contributed by atoms with Gasteiger partial charge in [-0.3, -0.25) is 18.7 Å². The molecule has 14 heteroatoms. The van der Waals surface area contributed by atoms with Crippen molar-refractivity contribution >= 4 is 32.2 Å². The molecule has 0 heterocycles. The smallest absolute Gasteiger partial charge is 0.326 e. The maximum absolute atomic E-state index is 10.5. The van der Waals surface area contributed by atoms with Crippen molar-refractivity contribution in [1.29, 1.82) is 0 Å². The summed E-state index contributed by atoms with van der Waals surface area (Å²) in [6.45, 7) is -0.250. The predicted molar refractivity (Wildman–Crippen MR) is 60.1 cm³/mol. The molecule has 2 atom stereocenters. The minimum Gasteiger partial charge on any atom is -0.480 e. The molecule has 0 saturated heterocycles. The standard InChI is InChI=1S/C4H6O10S2.C2H6O2/c5-3(6)1(15(9,10)11)2(4(7)8)16(12,13)14;3-1-2-4/h1-2H,(H,5,6)(H,7,8)(H,9,10,11)(H,12,13,14);3-4H,1-2H2. The van der Waals surface area contributed by atoms with Crippen molar-refractivity contribution in [2.75, 3.05) is 13.2 Å². The van der Waals surface area contributed by atoms with Crippen LogP contribution in [0.15, 0.2) is 0 Å². The van der Waals surface area contributed by atoms with E-state index in [0.717, 1.165) is 0 Å². The lowest BCUT2D eigenvalue weighted by molar-refractivity contribution is -0.143. The molecule has 120 valence electrons. The first-order valence-corrected chi connectivity index (χ1v) is 7.41. The molecule has 0 aliphatic rings. The molecule has 0 spiro atoms. The summed E-state index contributed by atoms with van der Waals surface area (Å²) in [5.74, 6) is -4.85. The number of aliphatic hydroxyl groups excluding tert-OH is 2. The average molecular weight is 340 g/mol. The quantitative estimate of drug-likeness (QED) is 0.261. The van der Waals surface area contributed by atoms with E-state index >= 15 is 0 Å². The predicted octanol–water partition coefficient (Wildman–Crippen LogP) is -3.36. The summed E-state index contributed by atoms with van der Waals surface area (Å²) in [5.41, 5.74) is 0. The van der Waals surface area contributed by atoms with Crippen LogP contribution in [0.4, 0.5) is 0 Å². The van der Waals surface area contributed by atoms with Gasteiger partial charge in [-0.05, 0) is 0 Å². The van der Waals surface area contributed by atoms with Gasteiger partial charge in [-0.2, -0.15) is 16.8 Å². The van der Waals surface area contributed by atoms with Gasteiger partial charge in [0.05, 0.1) is 13.2 Å². The summed E-state index contributed by atoms with van der Waals surface area (Å²) in [7, 11) is -11.0. The lowest BCUT2D eigenvalue weighted by Crippen LogP contribution is -2.49. The molecule has 0 saturated carbocycles. The summed E-state index contributed by atoms with van der Waals surface area (Å²) in [5, 5.41) is 25.5. The normalized spacial score (nSPS) is 14.6. The Morgan fingerprint density at radius 3 is 1.00 bits per heavy atom. The van der Waals surface area contributed by atoms with E-state index in [2.05, 4.69) is 0 Å². The summed E-state index contributed by atoms with van der Waals surface area (Å²) < 4.78 is 58.8. The van der Waals surface area contributed by atoms with E-state index in [4.69, 9.17) is 29.5 Å². The van der Waals surface area contributed by atoms with Crippen molar-refractivity contribution < 1.29 is 56.0 Å². The number of hydrogen-bond donors (Lipinski definition) is 6. The fourth-order valence-corrected chi connectivity index (χ4v) is 3.04. The topological polar surface area (TPSA) is 224 Å². The first-order chi connectivity index (χ1) is 8.80. The average Bonchev–Trinajstić information content (AvgIpc) is 2.21. The Morgan fingerprint density at radius 2 is 0.950 bits per heavy atom. The minimum absolute atomic E-state index is 0.125. The van der Waals surface area contributed by atoms with E-state index in [0.29, 0.717) is 0 Å². The Morgan fingerprint density at radius 1 is 0.750 bits per heavy atom. The lowest BCUT2D eigenvalue weighted by atomic mass is 10.3. The molecule has 0 aromatic carbocycles. The fourth-order valence-electron chi connectivity index (χ4n) is 0.826. The van der Waals surface area contributed by atoms with E-state index in [1.807, 2.05) is 0 Å². The van der Waals surface area contributed by atoms with Crippen LogP contribution in [0.5, 0.6) is 0 Å². The van der Waals surface area contributed by atoms with E-state index < -0.39 is 42.7 Å². The number of hydrogen-bond acceptors (Lipinski definition) is 8. The van der Waals surface area contributed by atoms with E-state index in [1.165, 1.54) is 0 Å². The van der Waals surface area contributed by atoms with Crippen LogP contribution in [0.2, 0.25) is 0 Å². The van der Waals surface area contributed by atoms with Crippen LogP contribution in [-0.2, 0) is 29.8 Å². The van der Waals surface area contributed by atoms with Crippen molar-refractivity contribution in [3.8, 4) is 0 Å². The fraction of sp³-hybridized carbons (Fsp3) is 0.667. The molecule has 2 unspecified atom stereocenters. The van der Waals surface area contributed by atoms with Gasteiger partial charge in [0.1, 0.15) is 0 Å². The Bertz CT molecular complexity index is 480. The molecule has 0 aromatic heterocycles. The highest BCUT2D eigenvalue weighted by molar-refractivity contribution is 7.91. The van der Waals surface area contributed by atoms with Crippen LogP contribution in [0.3, 0.4) is 0 Å². The zero-order valence-corrected chi connectivity index (χ0v) is 11.2. The maximum Gasteiger partial charge on any atom is 0.326 e. The zero-order chi connectivity index (χ0) is 16.7. The monoisotopic (exact) mass is 340 g/mol. The highest BCUT2D eigenvalue weighted by Crippen LogP contribution is 2.13. The van der Waals surface area contributed by atoms with Crippen LogP contribution in [-0.4, -0.2) is 82.0 Å². The van der Waals surface area contributed by atoms with E-state index in [9.17, 15) is 26.4 Å². The zero-order valence-electron chi connectivity index (χ0n) is 9.52. The number of carbonyl (C=O) groups is 2. The van der Waals surface area contributed by atoms with Gasteiger partial charge in [0.2, 0.25) is 10.5 Å². The maximum atomic E-state index is 10.5. The molecule has 0 amide bonds. The molecule has 20 heavy (non-hydrogen) atoms. The van der Waals surface area contributed by atoms with Crippen LogP contribution in [0, 0.1) is 0 Å². The van der Waals surface area contributed by atoms with Crippen molar-refractivity contribution in [1.82, 2.24) is 0 Å². The molecular formula is C6H12O12S2. The third-order valence-electron chi connectivity index (χ3n) is 1.50. The number of carboxylic acid groups (broad SMARTS) is 2. The Labute approximate surface area is 112 Å². The first-order valence-electron chi connectivity index (χ1n) is 4.40. The van der Waals surface area contributed by atoms with Gasteiger partial charge >= 0.3 is 11.9 Å². The van der Waals surface area contributed by atoms with Crippen molar-refractivity contribution in [3.05, 3.63) is 0 Å². The molecule has 0 aliphatic carbocycles. The molecule has 12 nitrogen and oxygen atoms in total. The van der Waals surface area contributed by atoms with E-state index in [1.54, 1.807) is 0 Å². The van der Waals surface area contributed by atoms with Gasteiger partial charge in [0, 0.05) is 0 Å². The van der Waals surface area contributed by atoms with Crippen LogP contribution >= 0.6 is 0 Å². The van der Waals surface area contributed by atoms with Gasteiger partial charge < -0.3 is 20.4 Å². The van der Waals surface area contributed by atoms with Crippen molar-refractivity contribution in [2.24, 2.45) is 0 Å². The Kier molecular flexibility index (Phi) is 8.47. The SMILES string of the molecule is O=C(O)C(C(C(=O)O)S(=O)(=O)O)S(=O)(=O)O.OCCO. The van der Waals surface area contributed by atoms with Gasteiger partial charge in [-0.15, -0.1) is 0 Å². The number of aliphatic carboxylic acids is 2. The molecule has 0 bridgehead atoms. The van der Waals surface area contributed by atoms with E-state index in [-0.39, 0.29) is 13.2 Å². The Hall–Kier alpha value is -1.32. The second-order valence-corrected chi connectivity index (χ2v) is 6.07. The number of carboxylic acids is 2.